The van der Waals surface area contributed by atoms with E-state index in [1.807, 2.05) is 19.9 Å². The minimum absolute atomic E-state index is 0.0368. The summed E-state index contributed by atoms with van der Waals surface area (Å²) in [5.74, 6) is -0.672. The van der Waals surface area contributed by atoms with E-state index >= 15 is 0 Å². The van der Waals surface area contributed by atoms with E-state index in [2.05, 4.69) is 10.1 Å². The molecular formula is C21H21F2NO6. The molecule has 1 heterocycles. The first-order valence-electron chi connectivity index (χ1n) is 9.16. The number of para-hydroxylation sites is 3. The molecule has 0 aliphatic carbocycles. The van der Waals surface area contributed by atoms with Crippen LogP contribution in [0.1, 0.15) is 19.4 Å². The van der Waals surface area contributed by atoms with E-state index in [4.69, 9.17) is 14.2 Å². The number of hydrogen-bond donors (Lipinski definition) is 1. The molecule has 1 amide bonds. The van der Waals surface area contributed by atoms with Crippen LogP contribution in [0, 0.1) is 0 Å². The minimum atomic E-state index is -3.04. The highest BCUT2D eigenvalue weighted by Gasteiger charge is 2.32. The van der Waals surface area contributed by atoms with Gasteiger partial charge in [0.25, 0.3) is 5.91 Å². The van der Waals surface area contributed by atoms with Gasteiger partial charge in [-0.25, -0.2) is 4.79 Å². The largest absolute Gasteiger partial charge is 0.483 e. The van der Waals surface area contributed by atoms with E-state index in [1.165, 1.54) is 24.3 Å². The molecule has 0 saturated heterocycles. The summed E-state index contributed by atoms with van der Waals surface area (Å²) in [6, 6.07) is 11.1. The maximum atomic E-state index is 12.4. The molecule has 2 aromatic rings. The Morgan fingerprint density at radius 1 is 1.10 bits per heavy atom. The number of fused-ring (bicyclic) bond motifs is 1. The molecule has 1 aliphatic rings. The van der Waals surface area contributed by atoms with Crippen LogP contribution in [0.3, 0.4) is 0 Å². The van der Waals surface area contributed by atoms with Crippen molar-refractivity contribution in [2.24, 2.45) is 0 Å². The first-order chi connectivity index (χ1) is 14.2. The van der Waals surface area contributed by atoms with Crippen LogP contribution in [0.15, 0.2) is 42.5 Å². The van der Waals surface area contributed by atoms with Crippen LogP contribution >= 0.6 is 0 Å². The Hall–Kier alpha value is -3.36. The molecule has 1 N–H and O–H groups in total. The van der Waals surface area contributed by atoms with Gasteiger partial charge in [0.2, 0.25) is 0 Å². The van der Waals surface area contributed by atoms with E-state index in [1.54, 1.807) is 12.1 Å². The maximum absolute atomic E-state index is 12.4. The number of ether oxygens (including phenoxy) is 4. The van der Waals surface area contributed by atoms with Gasteiger partial charge in [0.05, 0.1) is 5.69 Å². The van der Waals surface area contributed by atoms with Gasteiger partial charge in [0.15, 0.2) is 24.7 Å². The molecule has 160 valence electrons. The standard InChI is InChI=1S/C21H21F2NO6/c1-21(2)10-13-6-5-9-16(19(13)30-21)27-12-18(26)28-11-17(25)24-14-7-3-4-8-15(14)29-20(22)23/h3-9,20H,10-12H2,1-2H3,(H,24,25). The van der Waals surface area contributed by atoms with Gasteiger partial charge in [-0.15, -0.1) is 0 Å². The molecule has 3 rings (SSSR count). The lowest BCUT2D eigenvalue weighted by Gasteiger charge is -2.18. The molecule has 0 atom stereocenters. The monoisotopic (exact) mass is 421 g/mol. The van der Waals surface area contributed by atoms with Crippen LogP contribution in [0.4, 0.5) is 14.5 Å². The first kappa shape index (κ1) is 21.4. The fraction of sp³-hybridized carbons (Fsp3) is 0.333. The van der Waals surface area contributed by atoms with Crippen LogP contribution in [0.2, 0.25) is 0 Å². The molecular weight excluding hydrogens is 400 g/mol. The number of amides is 1. The van der Waals surface area contributed by atoms with E-state index in [0.29, 0.717) is 11.5 Å². The van der Waals surface area contributed by atoms with Crippen LogP contribution in [0.25, 0.3) is 0 Å². The van der Waals surface area contributed by atoms with Gasteiger partial charge in [0, 0.05) is 12.0 Å². The van der Waals surface area contributed by atoms with E-state index < -0.39 is 31.7 Å². The summed E-state index contributed by atoms with van der Waals surface area (Å²) in [5.41, 5.74) is 0.662. The van der Waals surface area contributed by atoms with Crippen molar-refractivity contribution in [1.29, 1.82) is 0 Å². The van der Waals surface area contributed by atoms with E-state index in [0.717, 1.165) is 12.0 Å². The van der Waals surface area contributed by atoms with Gasteiger partial charge in [-0.05, 0) is 32.0 Å². The van der Waals surface area contributed by atoms with Crippen LogP contribution in [-0.2, 0) is 20.7 Å². The first-order valence-corrected chi connectivity index (χ1v) is 9.16. The second kappa shape index (κ2) is 8.98. The van der Waals surface area contributed by atoms with Crippen molar-refractivity contribution in [3.8, 4) is 17.2 Å². The van der Waals surface area contributed by atoms with Crippen molar-refractivity contribution < 1.29 is 37.3 Å². The zero-order chi connectivity index (χ0) is 21.7. The average Bonchev–Trinajstić information content (AvgIpc) is 3.00. The van der Waals surface area contributed by atoms with Gasteiger partial charge in [0.1, 0.15) is 11.4 Å². The van der Waals surface area contributed by atoms with Crippen molar-refractivity contribution in [2.45, 2.75) is 32.5 Å². The summed E-state index contributed by atoms with van der Waals surface area (Å²) in [5, 5.41) is 2.35. The molecule has 7 nitrogen and oxygen atoms in total. The average molecular weight is 421 g/mol. The Morgan fingerprint density at radius 3 is 2.60 bits per heavy atom. The molecule has 0 bridgehead atoms. The Kier molecular flexibility index (Phi) is 6.39. The van der Waals surface area contributed by atoms with Crippen LogP contribution in [0.5, 0.6) is 17.2 Å². The second-order valence-electron chi connectivity index (χ2n) is 7.16. The number of anilines is 1. The molecule has 1 aliphatic heterocycles. The smallest absolute Gasteiger partial charge is 0.387 e. The lowest BCUT2D eigenvalue weighted by Crippen LogP contribution is -2.25. The lowest BCUT2D eigenvalue weighted by molar-refractivity contribution is -0.149. The minimum Gasteiger partial charge on any atom is -0.483 e. The summed E-state index contributed by atoms with van der Waals surface area (Å²) in [4.78, 5) is 23.9. The third-order valence-corrected chi connectivity index (χ3v) is 4.14. The molecule has 0 saturated carbocycles. The van der Waals surface area contributed by atoms with Crippen molar-refractivity contribution in [3.05, 3.63) is 48.0 Å². The Labute approximate surface area is 171 Å². The lowest BCUT2D eigenvalue weighted by atomic mass is 10.0. The number of carbonyl (C=O) groups excluding carboxylic acids is 2. The van der Waals surface area contributed by atoms with Crippen LogP contribution in [-0.4, -0.2) is 37.3 Å². The van der Waals surface area contributed by atoms with Gasteiger partial charge in [-0.2, -0.15) is 8.78 Å². The molecule has 2 aromatic carbocycles. The molecule has 0 fully saturated rings. The molecule has 30 heavy (non-hydrogen) atoms. The summed E-state index contributed by atoms with van der Waals surface area (Å²) in [6.07, 6.45) is 0.723. The number of carbonyl (C=O) groups is 2. The van der Waals surface area contributed by atoms with Crippen molar-refractivity contribution in [2.75, 3.05) is 18.5 Å². The third-order valence-electron chi connectivity index (χ3n) is 4.14. The molecule has 9 heteroatoms. The zero-order valence-electron chi connectivity index (χ0n) is 16.4. The highest BCUT2D eigenvalue weighted by atomic mass is 19.3. The predicted molar refractivity (Wildman–Crippen MR) is 103 cm³/mol. The van der Waals surface area contributed by atoms with Gasteiger partial charge < -0.3 is 24.3 Å². The van der Waals surface area contributed by atoms with Crippen molar-refractivity contribution in [1.82, 2.24) is 0 Å². The zero-order valence-corrected chi connectivity index (χ0v) is 16.4. The second-order valence-corrected chi connectivity index (χ2v) is 7.16. The fourth-order valence-corrected chi connectivity index (χ4v) is 2.98. The summed E-state index contributed by atoms with van der Waals surface area (Å²) >= 11 is 0. The normalized spacial score (nSPS) is 13.9. The number of esters is 1. The van der Waals surface area contributed by atoms with E-state index in [-0.39, 0.29) is 17.0 Å². The van der Waals surface area contributed by atoms with Gasteiger partial charge in [-0.3, -0.25) is 4.79 Å². The Morgan fingerprint density at radius 2 is 1.83 bits per heavy atom. The number of nitrogens with one attached hydrogen (secondary N) is 1. The van der Waals surface area contributed by atoms with Gasteiger partial charge in [-0.1, -0.05) is 24.3 Å². The van der Waals surface area contributed by atoms with Gasteiger partial charge >= 0.3 is 12.6 Å². The number of alkyl halides is 2. The summed E-state index contributed by atoms with van der Waals surface area (Å²) < 4.78 is 45.4. The highest BCUT2D eigenvalue weighted by molar-refractivity contribution is 5.94. The Balaban J connectivity index is 1.48. The molecule has 0 unspecified atom stereocenters. The SMILES string of the molecule is CC1(C)Cc2cccc(OCC(=O)OCC(=O)Nc3ccccc3OC(F)F)c2O1. The quantitative estimate of drug-likeness (QED) is 0.657. The number of halogens is 2. The summed E-state index contributed by atoms with van der Waals surface area (Å²) in [7, 11) is 0. The van der Waals surface area contributed by atoms with Crippen molar-refractivity contribution in [3.63, 3.8) is 0 Å². The fourth-order valence-electron chi connectivity index (χ4n) is 2.98. The highest BCUT2D eigenvalue weighted by Crippen LogP contribution is 2.41. The topological polar surface area (TPSA) is 83.1 Å². The molecule has 0 aromatic heterocycles. The maximum Gasteiger partial charge on any atom is 0.387 e. The molecule has 0 radical (unpaired) electrons. The summed E-state index contributed by atoms with van der Waals surface area (Å²) in [6.45, 7) is -0.158. The number of rotatable bonds is 8. The predicted octanol–water partition coefficient (Wildman–Crippen LogP) is 3.56. The van der Waals surface area contributed by atoms with Crippen LogP contribution < -0.4 is 19.5 Å². The van der Waals surface area contributed by atoms with E-state index in [9.17, 15) is 18.4 Å². The molecule has 0 spiro atoms. The third kappa shape index (κ3) is 5.59. The number of benzene rings is 2. The van der Waals surface area contributed by atoms with Crippen molar-refractivity contribution >= 4 is 17.6 Å². The number of hydrogen-bond acceptors (Lipinski definition) is 6. The Bertz CT molecular complexity index is 931.